The van der Waals surface area contributed by atoms with Gasteiger partial charge in [-0.05, 0) is 31.4 Å². The molecule has 96 valence electrons. The molecule has 6 heteroatoms. The van der Waals surface area contributed by atoms with E-state index < -0.39 is 12.1 Å². The van der Waals surface area contributed by atoms with Gasteiger partial charge in [-0.25, -0.2) is 9.78 Å². The highest BCUT2D eigenvalue weighted by Gasteiger charge is 2.22. The Hall–Kier alpha value is -2.11. The minimum atomic E-state index is -0.462. The number of urea groups is 1. The Morgan fingerprint density at radius 1 is 1.39 bits per heavy atom. The van der Waals surface area contributed by atoms with Gasteiger partial charge in [0, 0.05) is 12.7 Å². The normalized spacial score (nSPS) is 19.6. The molecule has 0 spiro atoms. The summed E-state index contributed by atoms with van der Waals surface area (Å²) < 4.78 is 0. The van der Waals surface area contributed by atoms with Gasteiger partial charge < -0.3 is 10.6 Å². The maximum Gasteiger partial charge on any atom is 0.321 e. The first-order chi connectivity index (χ1) is 8.75. The molecule has 2 heterocycles. The second-order valence-corrected chi connectivity index (χ2v) is 4.15. The molecule has 0 aromatic carbocycles. The van der Waals surface area contributed by atoms with Crippen molar-refractivity contribution in [3.8, 4) is 0 Å². The van der Waals surface area contributed by atoms with Crippen LogP contribution in [0.2, 0.25) is 0 Å². The van der Waals surface area contributed by atoms with Gasteiger partial charge in [0.15, 0.2) is 0 Å². The van der Waals surface area contributed by atoms with Crippen LogP contribution in [0.25, 0.3) is 0 Å². The number of hydrogen-bond donors (Lipinski definition) is 3. The van der Waals surface area contributed by atoms with Crippen LogP contribution in [0.5, 0.6) is 0 Å². The predicted molar refractivity (Wildman–Crippen MR) is 67.0 cm³/mol. The first-order valence-electron chi connectivity index (χ1n) is 6.02. The molecule has 1 aromatic rings. The van der Waals surface area contributed by atoms with E-state index in [9.17, 15) is 9.59 Å². The summed E-state index contributed by atoms with van der Waals surface area (Å²) in [6.45, 7) is 0.679. The summed E-state index contributed by atoms with van der Waals surface area (Å²) in [6, 6.07) is 4.36. The number of hydrogen-bond acceptors (Lipinski definition) is 3. The number of nitrogens with one attached hydrogen (secondary N) is 3. The van der Waals surface area contributed by atoms with Crippen LogP contribution in [0, 0.1) is 0 Å². The van der Waals surface area contributed by atoms with Crippen LogP contribution < -0.4 is 16.0 Å². The van der Waals surface area contributed by atoms with E-state index in [1.165, 1.54) is 0 Å². The van der Waals surface area contributed by atoms with E-state index in [1.807, 2.05) is 0 Å². The Labute approximate surface area is 105 Å². The number of carbonyl (C=O) groups excluding carboxylic acids is 2. The number of pyridine rings is 1. The van der Waals surface area contributed by atoms with Gasteiger partial charge in [0.1, 0.15) is 11.9 Å². The third-order valence-electron chi connectivity index (χ3n) is 2.75. The first kappa shape index (κ1) is 12.3. The largest absolute Gasteiger partial charge is 0.354 e. The Balaban J connectivity index is 1.88. The van der Waals surface area contributed by atoms with E-state index in [4.69, 9.17) is 0 Å². The van der Waals surface area contributed by atoms with Gasteiger partial charge in [-0.15, -0.1) is 0 Å². The van der Waals surface area contributed by atoms with Crippen LogP contribution in [-0.2, 0) is 4.79 Å². The van der Waals surface area contributed by atoms with Gasteiger partial charge in [-0.2, -0.15) is 0 Å². The van der Waals surface area contributed by atoms with Gasteiger partial charge in [0.2, 0.25) is 5.91 Å². The van der Waals surface area contributed by atoms with Crippen molar-refractivity contribution in [3.63, 3.8) is 0 Å². The van der Waals surface area contributed by atoms with E-state index in [0.29, 0.717) is 18.8 Å². The van der Waals surface area contributed by atoms with Crippen molar-refractivity contribution >= 4 is 17.8 Å². The Bertz CT molecular complexity index is 421. The quantitative estimate of drug-likeness (QED) is 0.726. The van der Waals surface area contributed by atoms with Crippen molar-refractivity contribution in [2.45, 2.75) is 25.3 Å². The van der Waals surface area contributed by atoms with Crippen LogP contribution in [0.1, 0.15) is 19.3 Å². The standard InChI is InChI=1S/C12H16N4O2/c17-11-9(5-1-3-8-14-11)15-12(18)16-10-6-2-4-7-13-10/h2,4,6-7,9H,1,3,5,8H2,(H,14,17)(H2,13,15,16,18)/t9-/m1/s1. The van der Waals surface area contributed by atoms with Crippen LogP contribution in [0.15, 0.2) is 24.4 Å². The van der Waals surface area contributed by atoms with Crippen molar-refractivity contribution in [2.75, 3.05) is 11.9 Å². The van der Waals surface area contributed by atoms with Crippen molar-refractivity contribution < 1.29 is 9.59 Å². The maximum absolute atomic E-state index is 11.7. The smallest absolute Gasteiger partial charge is 0.321 e. The van der Waals surface area contributed by atoms with Crippen molar-refractivity contribution in [1.29, 1.82) is 0 Å². The minimum absolute atomic E-state index is 0.122. The topological polar surface area (TPSA) is 83.1 Å². The van der Waals surface area contributed by atoms with Crippen LogP contribution in [-0.4, -0.2) is 29.5 Å². The molecule has 1 saturated heterocycles. The Kier molecular flexibility index (Phi) is 4.11. The molecule has 6 nitrogen and oxygen atoms in total. The number of carbonyl (C=O) groups is 2. The third kappa shape index (κ3) is 3.44. The maximum atomic E-state index is 11.7. The second-order valence-electron chi connectivity index (χ2n) is 4.15. The summed E-state index contributed by atoms with van der Waals surface area (Å²) in [7, 11) is 0. The number of amides is 3. The molecule has 3 N–H and O–H groups in total. The van der Waals surface area contributed by atoms with Gasteiger partial charge in [-0.3, -0.25) is 10.1 Å². The number of nitrogens with zero attached hydrogens (tertiary/aromatic N) is 1. The zero-order chi connectivity index (χ0) is 12.8. The molecule has 1 aromatic heterocycles. The number of anilines is 1. The lowest BCUT2D eigenvalue weighted by atomic mass is 10.1. The zero-order valence-corrected chi connectivity index (χ0v) is 9.98. The molecular weight excluding hydrogens is 232 g/mol. The molecule has 2 rings (SSSR count). The summed E-state index contributed by atoms with van der Waals surface area (Å²) in [5.41, 5.74) is 0. The SMILES string of the molecule is O=C(Nc1ccccn1)N[C@@H]1CCCCNC1=O. The van der Waals surface area contributed by atoms with Crippen molar-refractivity contribution in [3.05, 3.63) is 24.4 Å². The minimum Gasteiger partial charge on any atom is -0.354 e. The summed E-state index contributed by atoms with van der Waals surface area (Å²) in [5.74, 6) is 0.340. The summed E-state index contributed by atoms with van der Waals surface area (Å²) in [4.78, 5) is 27.3. The summed E-state index contributed by atoms with van der Waals surface area (Å²) in [5, 5.41) is 8.01. The molecule has 0 unspecified atom stereocenters. The van der Waals surface area contributed by atoms with E-state index in [2.05, 4.69) is 20.9 Å². The van der Waals surface area contributed by atoms with Gasteiger partial charge in [-0.1, -0.05) is 6.07 Å². The molecule has 3 amide bonds. The van der Waals surface area contributed by atoms with Gasteiger partial charge >= 0.3 is 6.03 Å². The molecule has 0 radical (unpaired) electrons. The summed E-state index contributed by atoms with van der Waals surface area (Å²) >= 11 is 0. The predicted octanol–water partition coefficient (Wildman–Crippen LogP) is 0.872. The second kappa shape index (κ2) is 6.00. The van der Waals surface area contributed by atoms with Gasteiger partial charge in [0.25, 0.3) is 0 Å². The Morgan fingerprint density at radius 3 is 3.06 bits per heavy atom. The number of rotatable bonds is 2. The summed E-state index contributed by atoms with van der Waals surface area (Å²) in [6.07, 6.45) is 4.13. The van der Waals surface area contributed by atoms with Crippen LogP contribution in [0.4, 0.5) is 10.6 Å². The van der Waals surface area contributed by atoms with Crippen LogP contribution >= 0.6 is 0 Å². The molecule has 0 aliphatic carbocycles. The molecule has 0 saturated carbocycles. The van der Waals surface area contributed by atoms with E-state index in [1.54, 1.807) is 24.4 Å². The molecule has 1 atom stereocenters. The lowest BCUT2D eigenvalue weighted by Crippen LogP contribution is -2.47. The zero-order valence-electron chi connectivity index (χ0n) is 9.98. The molecule has 18 heavy (non-hydrogen) atoms. The monoisotopic (exact) mass is 248 g/mol. The average Bonchev–Trinajstić information content (AvgIpc) is 2.56. The highest BCUT2D eigenvalue weighted by Crippen LogP contribution is 2.06. The molecule has 1 aliphatic heterocycles. The van der Waals surface area contributed by atoms with E-state index in [-0.39, 0.29) is 5.91 Å². The fraction of sp³-hybridized carbons (Fsp3) is 0.417. The van der Waals surface area contributed by atoms with Crippen molar-refractivity contribution in [1.82, 2.24) is 15.6 Å². The average molecular weight is 248 g/mol. The molecular formula is C12H16N4O2. The Morgan fingerprint density at radius 2 is 2.28 bits per heavy atom. The van der Waals surface area contributed by atoms with Crippen molar-refractivity contribution in [2.24, 2.45) is 0 Å². The molecule has 1 aliphatic rings. The highest BCUT2D eigenvalue weighted by atomic mass is 16.2. The van der Waals surface area contributed by atoms with Gasteiger partial charge in [0.05, 0.1) is 0 Å². The van der Waals surface area contributed by atoms with E-state index >= 15 is 0 Å². The lowest BCUT2D eigenvalue weighted by molar-refractivity contribution is -0.122. The number of aromatic nitrogens is 1. The van der Waals surface area contributed by atoms with Crippen LogP contribution in [0.3, 0.4) is 0 Å². The fourth-order valence-electron chi connectivity index (χ4n) is 1.82. The highest BCUT2D eigenvalue weighted by molar-refractivity contribution is 5.93. The molecule has 1 fully saturated rings. The molecule has 0 bridgehead atoms. The first-order valence-corrected chi connectivity index (χ1v) is 6.02. The third-order valence-corrected chi connectivity index (χ3v) is 2.75. The van der Waals surface area contributed by atoms with E-state index in [0.717, 1.165) is 12.8 Å². The lowest BCUT2D eigenvalue weighted by Gasteiger charge is -2.15. The fourth-order valence-corrected chi connectivity index (χ4v) is 1.82.